The molecular weight excluding hydrogens is 366 g/mol. The second-order valence-corrected chi connectivity index (χ2v) is 8.31. The minimum absolute atomic E-state index is 0.0416. The summed E-state index contributed by atoms with van der Waals surface area (Å²) >= 11 is 0. The second kappa shape index (κ2) is 7.72. The fourth-order valence-corrected chi connectivity index (χ4v) is 3.02. The third-order valence-electron chi connectivity index (χ3n) is 3.80. The number of nitrogens with zero attached hydrogens (tertiary/aromatic N) is 3. The monoisotopic (exact) mass is 387 g/mol. The molecule has 2 atom stereocenters. The number of benzene rings is 1. The standard InChI is InChI=1S/C17H21N7O2S/c1-11(10-25)21-16-14(15-7-8-20-24-15)9-19-17(23-16)22-12-3-5-13(6-4-12)27(2,18)26/h3-9,11,18,25H,10H2,1-2H3,(H,20,24)(H2,19,21,22,23)/t11-,27?/m1/s1. The van der Waals surface area contributed by atoms with Crippen LogP contribution in [0.1, 0.15) is 6.92 Å². The van der Waals surface area contributed by atoms with Gasteiger partial charge in [0.05, 0.1) is 27.6 Å². The minimum Gasteiger partial charge on any atom is -0.394 e. The highest BCUT2D eigenvalue weighted by atomic mass is 32.2. The number of aliphatic hydroxyl groups excluding tert-OH is 1. The first-order chi connectivity index (χ1) is 12.9. The van der Waals surface area contributed by atoms with Gasteiger partial charge in [-0.15, -0.1) is 0 Å². The molecule has 2 aromatic heterocycles. The van der Waals surface area contributed by atoms with E-state index >= 15 is 0 Å². The van der Waals surface area contributed by atoms with Crippen molar-refractivity contribution in [1.82, 2.24) is 20.2 Å². The lowest BCUT2D eigenvalue weighted by Gasteiger charge is -2.16. The van der Waals surface area contributed by atoms with E-state index in [0.29, 0.717) is 22.3 Å². The van der Waals surface area contributed by atoms with Crippen LogP contribution < -0.4 is 10.6 Å². The third-order valence-corrected chi connectivity index (χ3v) is 4.97. The van der Waals surface area contributed by atoms with Crippen molar-refractivity contribution in [2.75, 3.05) is 23.5 Å². The number of anilines is 3. The second-order valence-electron chi connectivity index (χ2n) is 6.15. The van der Waals surface area contributed by atoms with Crippen LogP contribution in [0.3, 0.4) is 0 Å². The molecule has 142 valence electrons. The predicted octanol–water partition coefficient (Wildman–Crippen LogP) is 2.44. The molecule has 0 amide bonds. The van der Waals surface area contributed by atoms with E-state index in [9.17, 15) is 9.32 Å². The van der Waals surface area contributed by atoms with Gasteiger partial charge in [0, 0.05) is 35.3 Å². The highest BCUT2D eigenvalue weighted by Gasteiger charge is 2.13. The van der Waals surface area contributed by atoms with E-state index in [-0.39, 0.29) is 12.6 Å². The summed E-state index contributed by atoms with van der Waals surface area (Å²) in [6.45, 7) is 1.80. The lowest BCUT2D eigenvalue weighted by atomic mass is 10.2. The summed E-state index contributed by atoms with van der Waals surface area (Å²) in [5, 5.41) is 22.4. The van der Waals surface area contributed by atoms with E-state index in [0.717, 1.165) is 11.3 Å². The van der Waals surface area contributed by atoms with Crippen molar-refractivity contribution in [3.8, 4) is 11.3 Å². The van der Waals surface area contributed by atoms with E-state index in [1.807, 2.05) is 13.0 Å². The maximum atomic E-state index is 11.8. The maximum absolute atomic E-state index is 11.8. The van der Waals surface area contributed by atoms with Gasteiger partial charge in [-0.3, -0.25) is 5.10 Å². The van der Waals surface area contributed by atoms with Crippen LogP contribution in [0.2, 0.25) is 0 Å². The summed E-state index contributed by atoms with van der Waals surface area (Å²) in [4.78, 5) is 9.29. The average Bonchev–Trinajstić information content (AvgIpc) is 3.16. The number of H-pyrrole nitrogens is 1. The smallest absolute Gasteiger partial charge is 0.229 e. The van der Waals surface area contributed by atoms with E-state index in [1.165, 1.54) is 6.26 Å². The molecule has 0 aliphatic heterocycles. The zero-order chi connectivity index (χ0) is 19.4. The Balaban J connectivity index is 1.88. The maximum Gasteiger partial charge on any atom is 0.229 e. The SMILES string of the molecule is C[C@H](CO)Nc1nc(Nc2ccc(S(C)(=N)=O)cc2)ncc1-c1ccn[nH]1. The number of hydrogen-bond donors (Lipinski definition) is 5. The molecule has 1 unspecified atom stereocenters. The first kappa shape index (κ1) is 18.8. The zero-order valence-electron chi connectivity index (χ0n) is 14.9. The Morgan fingerprint density at radius 1 is 1.30 bits per heavy atom. The number of aromatic amines is 1. The molecule has 5 N–H and O–H groups in total. The average molecular weight is 387 g/mol. The number of rotatable bonds is 7. The van der Waals surface area contributed by atoms with Crippen LogP contribution in [-0.4, -0.2) is 48.4 Å². The molecule has 0 bridgehead atoms. The van der Waals surface area contributed by atoms with Crippen LogP contribution in [0.5, 0.6) is 0 Å². The molecule has 10 heteroatoms. The van der Waals surface area contributed by atoms with Gasteiger partial charge in [0.15, 0.2) is 0 Å². The summed E-state index contributed by atoms with van der Waals surface area (Å²) < 4.78 is 19.4. The van der Waals surface area contributed by atoms with Crippen molar-refractivity contribution >= 4 is 27.2 Å². The van der Waals surface area contributed by atoms with Crippen LogP contribution in [0.4, 0.5) is 17.5 Å². The van der Waals surface area contributed by atoms with Crippen molar-refractivity contribution in [2.45, 2.75) is 17.9 Å². The van der Waals surface area contributed by atoms with Gasteiger partial charge >= 0.3 is 0 Å². The Kier molecular flexibility index (Phi) is 5.38. The van der Waals surface area contributed by atoms with E-state index in [4.69, 9.17) is 4.78 Å². The normalized spacial score (nSPS) is 14.3. The lowest BCUT2D eigenvalue weighted by molar-refractivity contribution is 0.281. The van der Waals surface area contributed by atoms with Gasteiger partial charge in [-0.25, -0.2) is 14.0 Å². The Morgan fingerprint density at radius 3 is 2.63 bits per heavy atom. The number of nitrogens with one attached hydrogen (secondary N) is 4. The quantitative estimate of drug-likeness (QED) is 0.419. The Labute approximate surface area is 157 Å². The molecule has 0 aliphatic carbocycles. The molecule has 3 rings (SSSR count). The molecule has 0 spiro atoms. The number of hydrogen-bond acceptors (Lipinski definition) is 8. The number of aromatic nitrogens is 4. The van der Waals surface area contributed by atoms with Gasteiger partial charge in [-0.05, 0) is 37.3 Å². The fraction of sp³-hybridized carbons (Fsp3) is 0.235. The topological polar surface area (TPSA) is 140 Å². The summed E-state index contributed by atoms with van der Waals surface area (Å²) in [5.74, 6) is 0.916. The summed E-state index contributed by atoms with van der Waals surface area (Å²) in [6.07, 6.45) is 4.68. The molecule has 0 aliphatic rings. The molecule has 9 nitrogen and oxygen atoms in total. The molecule has 0 fully saturated rings. The fourth-order valence-electron chi connectivity index (χ4n) is 2.36. The Hall–Kier alpha value is -2.98. The highest BCUT2D eigenvalue weighted by molar-refractivity contribution is 7.91. The molecule has 2 heterocycles. The number of aliphatic hydroxyl groups is 1. The van der Waals surface area contributed by atoms with E-state index in [1.54, 1.807) is 36.7 Å². The van der Waals surface area contributed by atoms with E-state index < -0.39 is 9.73 Å². The van der Waals surface area contributed by atoms with Crippen LogP contribution >= 0.6 is 0 Å². The highest BCUT2D eigenvalue weighted by Crippen LogP contribution is 2.26. The largest absolute Gasteiger partial charge is 0.394 e. The predicted molar refractivity (Wildman–Crippen MR) is 105 cm³/mol. The first-order valence-corrected chi connectivity index (χ1v) is 10.2. The molecule has 3 aromatic rings. The van der Waals surface area contributed by atoms with Crippen molar-refractivity contribution in [3.05, 3.63) is 42.7 Å². The van der Waals surface area contributed by atoms with Gasteiger partial charge < -0.3 is 15.7 Å². The van der Waals surface area contributed by atoms with Crippen molar-refractivity contribution in [1.29, 1.82) is 4.78 Å². The van der Waals surface area contributed by atoms with Crippen LogP contribution in [0.15, 0.2) is 47.6 Å². The Bertz CT molecular complexity index is 1000. The molecule has 27 heavy (non-hydrogen) atoms. The Morgan fingerprint density at radius 2 is 2.04 bits per heavy atom. The molecule has 0 saturated heterocycles. The minimum atomic E-state index is -2.75. The van der Waals surface area contributed by atoms with Crippen molar-refractivity contribution < 1.29 is 9.32 Å². The lowest BCUT2D eigenvalue weighted by Crippen LogP contribution is -2.21. The van der Waals surface area contributed by atoms with Gasteiger partial charge in [0.1, 0.15) is 5.82 Å². The van der Waals surface area contributed by atoms with Crippen LogP contribution in [-0.2, 0) is 9.73 Å². The molecule has 1 aromatic carbocycles. The van der Waals surface area contributed by atoms with Gasteiger partial charge in [0.25, 0.3) is 0 Å². The van der Waals surface area contributed by atoms with Crippen LogP contribution in [0.25, 0.3) is 11.3 Å². The molecule has 0 radical (unpaired) electrons. The summed E-state index contributed by atoms with van der Waals surface area (Å²) in [7, 11) is -2.75. The third kappa shape index (κ3) is 4.60. The summed E-state index contributed by atoms with van der Waals surface area (Å²) in [5.41, 5.74) is 2.19. The molecular formula is C17H21N7O2S. The molecule has 0 saturated carbocycles. The van der Waals surface area contributed by atoms with Gasteiger partial charge in [-0.1, -0.05) is 0 Å². The first-order valence-electron chi connectivity index (χ1n) is 8.22. The van der Waals surface area contributed by atoms with E-state index in [2.05, 4.69) is 30.8 Å². The van der Waals surface area contributed by atoms with Gasteiger partial charge in [0.2, 0.25) is 5.95 Å². The summed E-state index contributed by atoms with van der Waals surface area (Å²) in [6, 6.07) is 8.35. The zero-order valence-corrected chi connectivity index (χ0v) is 15.7. The van der Waals surface area contributed by atoms with Crippen molar-refractivity contribution in [3.63, 3.8) is 0 Å². The van der Waals surface area contributed by atoms with Crippen molar-refractivity contribution in [2.24, 2.45) is 0 Å². The van der Waals surface area contributed by atoms with Crippen LogP contribution in [0, 0.1) is 4.78 Å². The van der Waals surface area contributed by atoms with Gasteiger partial charge in [-0.2, -0.15) is 10.1 Å².